The zero-order chi connectivity index (χ0) is 24.9. The van der Waals surface area contributed by atoms with Crippen molar-refractivity contribution >= 4 is 57.6 Å². The molecule has 0 aliphatic heterocycles. The number of hydrogen-bond donors (Lipinski definition) is 0. The maximum Gasteiger partial charge on any atom is 0.0128 e. The van der Waals surface area contributed by atoms with Crippen molar-refractivity contribution in [1.29, 1.82) is 0 Å². The third kappa shape index (κ3) is 5.74. The van der Waals surface area contributed by atoms with Crippen LogP contribution in [-0.4, -0.2) is 0 Å². The normalized spacial score (nSPS) is 11.7. The molecular weight excluding hydrogens is 464 g/mol. The molecule has 0 spiro atoms. The van der Waals surface area contributed by atoms with E-state index in [1.807, 2.05) is 23.9 Å². The second-order valence-corrected chi connectivity index (χ2v) is 10.3. The van der Waals surface area contributed by atoms with Gasteiger partial charge in [0.2, 0.25) is 0 Å². The molecule has 0 saturated heterocycles. The average molecular weight is 491 g/mol. The van der Waals surface area contributed by atoms with Crippen LogP contribution in [0.1, 0.15) is 22.3 Å². The van der Waals surface area contributed by atoms with E-state index < -0.39 is 0 Å². The first-order chi connectivity index (χ1) is 18.3. The molecule has 0 bridgehead atoms. The van der Waals surface area contributed by atoms with Crippen molar-refractivity contribution in [3.8, 4) is 0 Å². The summed E-state index contributed by atoms with van der Waals surface area (Å²) in [5, 5.41) is 5.04. The van der Waals surface area contributed by atoms with Crippen LogP contribution in [0, 0.1) is 0 Å². The Hall–Kier alpha value is -4.33. The van der Waals surface area contributed by atoms with Crippen LogP contribution in [0.2, 0.25) is 0 Å². The Morgan fingerprint density at radius 2 is 0.703 bits per heavy atom. The lowest BCUT2D eigenvalue weighted by molar-refractivity contribution is 1.44. The summed E-state index contributed by atoms with van der Waals surface area (Å²) in [7, 11) is 0. The molecule has 0 N–H and O–H groups in total. The van der Waals surface area contributed by atoms with Crippen LogP contribution in [0.25, 0.3) is 45.8 Å². The fourth-order valence-corrected chi connectivity index (χ4v) is 5.38. The number of fused-ring (bicyclic) bond motifs is 2. The van der Waals surface area contributed by atoms with Crippen LogP contribution in [0.15, 0.2) is 143 Å². The lowest BCUT2D eigenvalue weighted by atomic mass is 10.1. The first-order valence-corrected chi connectivity index (χ1v) is 13.3. The largest absolute Gasteiger partial charge is 0.0901 e. The van der Waals surface area contributed by atoms with E-state index in [9.17, 15) is 0 Å². The lowest BCUT2D eigenvalue weighted by Gasteiger charge is -2.07. The van der Waals surface area contributed by atoms with Crippen LogP contribution < -0.4 is 0 Å². The highest BCUT2D eigenvalue weighted by atomic mass is 32.2. The van der Waals surface area contributed by atoms with Crippen LogP contribution in [0.4, 0.5) is 0 Å². The van der Waals surface area contributed by atoms with E-state index >= 15 is 0 Å². The van der Waals surface area contributed by atoms with E-state index in [4.69, 9.17) is 0 Å². The zero-order valence-electron chi connectivity index (χ0n) is 20.4. The summed E-state index contributed by atoms with van der Waals surface area (Å²) >= 11 is 1.81. The molecule has 0 atom stereocenters. The molecule has 0 saturated carbocycles. The van der Waals surface area contributed by atoms with Crippen molar-refractivity contribution in [2.45, 2.75) is 9.79 Å². The van der Waals surface area contributed by atoms with Gasteiger partial charge in [0.05, 0.1) is 0 Å². The molecule has 0 amide bonds. The molecule has 0 nitrogen and oxygen atoms in total. The van der Waals surface area contributed by atoms with E-state index in [0.717, 1.165) is 0 Å². The summed E-state index contributed by atoms with van der Waals surface area (Å²) in [5.74, 6) is 0. The van der Waals surface area contributed by atoms with Crippen molar-refractivity contribution in [1.82, 2.24) is 0 Å². The molecule has 37 heavy (non-hydrogen) atoms. The second-order valence-electron chi connectivity index (χ2n) is 9.13. The van der Waals surface area contributed by atoms with E-state index in [2.05, 4.69) is 146 Å². The maximum absolute atomic E-state index is 2.28. The van der Waals surface area contributed by atoms with Crippen LogP contribution >= 0.6 is 11.8 Å². The van der Waals surface area contributed by atoms with Crippen molar-refractivity contribution in [2.75, 3.05) is 0 Å². The topological polar surface area (TPSA) is 0 Å². The molecule has 6 rings (SSSR count). The maximum atomic E-state index is 2.28. The van der Waals surface area contributed by atoms with Gasteiger partial charge in [0.15, 0.2) is 0 Å². The minimum Gasteiger partial charge on any atom is -0.0901 e. The van der Waals surface area contributed by atoms with Gasteiger partial charge in [0.25, 0.3) is 0 Å². The third-order valence-corrected chi connectivity index (χ3v) is 7.42. The van der Waals surface area contributed by atoms with Gasteiger partial charge in [0, 0.05) is 9.79 Å². The van der Waals surface area contributed by atoms with Gasteiger partial charge in [-0.05, 0) is 80.2 Å². The smallest absolute Gasteiger partial charge is 0.0128 e. The Labute approximate surface area is 222 Å². The Kier molecular flexibility index (Phi) is 6.70. The number of rotatable bonds is 6. The first-order valence-electron chi connectivity index (χ1n) is 12.5. The lowest BCUT2D eigenvalue weighted by Crippen LogP contribution is -1.80. The van der Waals surface area contributed by atoms with Gasteiger partial charge < -0.3 is 0 Å². The highest BCUT2D eigenvalue weighted by molar-refractivity contribution is 7.99. The Balaban J connectivity index is 1.18. The van der Waals surface area contributed by atoms with E-state index in [1.165, 1.54) is 53.6 Å². The van der Waals surface area contributed by atoms with Gasteiger partial charge in [-0.15, -0.1) is 0 Å². The summed E-state index contributed by atoms with van der Waals surface area (Å²) in [5.41, 5.74) is 4.85. The van der Waals surface area contributed by atoms with E-state index in [1.54, 1.807) is 0 Å². The molecule has 0 aliphatic rings. The van der Waals surface area contributed by atoms with Gasteiger partial charge in [-0.25, -0.2) is 0 Å². The molecule has 0 heterocycles. The minimum atomic E-state index is 1.21. The molecule has 0 aliphatic carbocycles. The molecule has 0 aromatic heterocycles. The molecular formula is C36H26S. The Bertz CT molecular complexity index is 1600. The fraction of sp³-hybridized carbons (Fsp3) is 0. The second kappa shape index (κ2) is 10.7. The standard InChI is InChI=1S/C36H26S/c1-3-7-27(8-4-1)11-13-29-15-17-33-25-35(21-19-31(33)23-29)37-36-22-20-32-24-30(16-18-34(32)26-36)14-12-28-9-5-2-6-10-28/h1-26H. The van der Waals surface area contributed by atoms with Crippen LogP contribution in [0.5, 0.6) is 0 Å². The minimum absolute atomic E-state index is 1.21. The van der Waals surface area contributed by atoms with Crippen molar-refractivity contribution in [3.05, 3.63) is 156 Å². The zero-order valence-corrected chi connectivity index (χ0v) is 21.2. The van der Waals surface area contributed by atoms with Crippen molar-refractivity contribution in [3.63, 3.8) is 0 Å². The molecule has 1 heteroatoms. The monoisotopic (exact) mass is 490 g/mol. The van der Waals surface area contributed by atoms with E-state index in [0.29, 0.717) is 0 Å². The Morgan fingerprint density at radius 1 is 0.324 bits per heavy atom. The predicted octanol–water partition coefficient (Wildman–Crippen LogP) is 10.5. The summed E-state index contributed by atoms with van der Waals surface area (Å²) in [6.07, 6.45) is 8.67. The average Bonchev–Trinajstić information content (AvgIpc) is 2.96. The van der Waals surface area contributed by atoms with Crippen molar-refractivity contribution in [2.24, 2.45) is 0 Å². The highest BCUT2D eigenvalue weighted by Gasteiger charge is 2.03. The fourth-order valence-electron chi connectivity index (χ4n) is 4.47. The Morgan fingerprint density at radius 3 is 1.16 bits per heavy atom. The van der Waals surface area contributed by atoms with E-state index in [-0.39, 0.29) is 0 Å². The molecule has 6 aromatic rings. The van der Waals surface area contributed by atoms with Gasteiger partial charge in [0.1, 0.15) is 0 Å². The molecule has 0 unspecified atom stereocenters. The van der Waals surface area contributed by atoms with Crippen LogP contribution in [0.3, 0.4) is 0 Å². The van der Waals surface area contributed by atoms with Crippen LogP contribution in [-0.2, 0) is 0 Å². The number of hydrogen-bond acceptors (Lipinski definition) is 1. The SMILES string of the molecule is C(=Cc1ccc2cc(Sc3ccc4cc(C=Cc5ccccc5)ccc4c3)ccc2c1)c1ccccc1. The summed E-state index contributed by atoms with van der Waals surface area (Å²) in [6.45, 7) is 0. The van der Waals surface area contributed by atoms with Gasteiger partial charge in [-0.3, -0.25) is 0 Å². The predicted molar refractivity (Wildman–Crippen MR) is 163 cm³/mol. The molecule has 0 radical (unpaired) electrons. The summed E-state index contributed by atoms with van der Waals surface area (Å²) < 4.78 is 0. The molecule has 176 valence electrons. The quantitative estimate of drug-likeness (QED) is 0.209. The van der Waals surface area contributed by atoms with Gasteiger partial charge in [-0.1, -0.05) is 133 Å². The van der Waals surface area contributed by atoms with Gasteiger partial charge in [-0.2, -0.15) is 0 Å². The summed E-state index contributed by atoms with van der Waals surface area (Å²) in [6, 6.07) is 47.6. The summed E-state index contributed by atoms with van der Waals surface area (Å²) in [4.78, 5) is 2.50. The number of benzene rings is 6. The first kappa shape index (κ1) is 23.1. The highest BCUT2D eigenvalue weighted by Crippen LogP contribution is 2.33. The van der Waals surface area contributed by atoms with Crippen molar-refractivity contribution < 1.29 is 0 Å². The molecule has 6 aromatic carbocycles. The third-order valence-electron chi connectivity index (χ3n) is 6.44. The van der Waals surface area contributed by atoms with Gasteiger partial charge >= 0.3 is 0 Å². The molecule has 0 fully saturated rings.